The van der Waals surface area contributed by atoms with Crippen molar-refractivity contribution in [1.29, 1.82) is 0 Å². The van der Waals surface area contributed by atoms with Crippen molar-refractivity contribution in [3.63, 3.8) is 0 Å². The number of halogens is 3. The molecule has 0 aliphatic rings. The van der Waals surface area contributed by atoms with E-state index in [0.29, 0.717) is 3.57 Å². The van der Waals surface area contributed by atoms with Crippen LogP contribution in [0.3, 0.4) is 0 Å². The highest BCUT2D eigenvalue weighted by molar-refractivity contribution is 14.1. The Balaban J connectivity index is 2.25. The van der Waals surface area contributed by atoms with Crippen molar-refractivity contribution in [2.45, 2.75) is 0 Å². The van der Waals surface area contributed by atoms with E-state index in [2.05, 4.69) is 10.6 Å². The molecule has 5 nitrogen and oxygen atoms in total. The van der Waals surface area contributed by atoms with Crippen LogP contribution in [0, 0.1) is 3.57 Å². The molecular formula is C14H9Cl2IN2O3. The smallest absolute Gasteiger partial charge is 0.337 e. The van der Waals surface area contributed by atoms with Crippen molar-refractivity contribution in [3.05, 3.63) is 55.6 Å². The number of carboxylic acid groups (broad SMARTS) is 1. The lowest BCUT2D eigenvalue weighted by Crippen LogP contribution is -2.22. The van der Waals surface area contributed by atoms with Crippen molar-refractivity contribution in [2.24, 2.45) is 0 Å². The van der Waals surface area contributed by atoms with Crippen molar-refractivity contribution in [3.8, 4) is 0 Å². The summed E-state index contributed by atoms with van der Waals surface area (Å²) in [6.45, 7) is 0. The van der Waals surface area contributed by atoms with Crippen LogP contribution in [0.15, 0.2) is 36.4 Å². The fraction of sp³-hybridized carbons (Fsp3) is 0. The summed E-state index contributed by atoms with van der Waals surface area (Å²) in [4.78, 5) is 23.3. The molecule has 0 radical (unpaired) electrons. The van der Waals surface area contributed by atoms with Crippen molar-refractivity contribution < 1.29 is 14.7 Å². The molecule has 114 valence electrons. The third-order valence-corrected chi connectivity index (χ3v) is 4.21. The van der Waals surface area contributed by atoms with Crippen LogP contribution in [0.5, 0.6) is 0 Å². The lowest BCUT2D eigenvalue weighted by molar-refractivity contribution is 0.0698. The van der Waals surface area contributed by atoms with Gasteiger partial charge in [0.05, 0.1) is 27.0 Å². The first-order chi connectivity index (χ1) is 10.4. The van der Waals surface area contributed by atoms with Gasteiger partial charge in [-0.15, -0.1) is 0 Å². The van der Waals surface area contributed by atoms with Gasteiger partial charge in [-0.2, -0.15) is 0 Å². The fourth-order valence-electron chi connectivity index (χ4n) is 1.70. The number of hydrogen-bond acceptors (Lipinski definition) is 2. The standard InChI is InChI=1S/C14H9Cl2IN2O3/c15-8-4-2-5-9(16)12(8)19-14(22)18-11-7(13(20)21)3-1-6-10(11)17/h1-6H,(H,20,21)(H2,18,19,22). The monoisotopic (exact) mass is 450 g/mol. The lowest BCUT2D eigenvalue weighted by Gasteiger charge is -2.13. The molecule has 0 saturated heterocycles. The van der Waals surface area contributed by atoms with E-state index in [1.807, 2.05) is 22.6 Å². The number of urea groups is 1. The van der Waals surface area contributed by atoms with Gasteiger partial charge in [0.2, 0.25) is 0 Å². The number of benzene rings is 2. The summed E-state index contributed by atoms with van der Waals surface area (Å²) in [5, 5.41) is 14.7. The molecular weight excluding hydrogens is 442 g/mol. The summed E-state index contributed by atoms with van der Waals surface area (Å²) >= 11 is 13.9. The third-order valence-electron chi connectivity index (χ3n) is 2.68. The van der Waals surface area contributed by atoms with Gasteiger partial charge < -0.3 is 15.7 Å². The Bertz CT molecular complexity index is 733. The second-order valence-corrected chi connectivity index (χ2v) is 6.12. The highest BCUT2D eigenvalue weighted by Crippen LogP contribution is 2.30. The largest absolute Gasteiger partial charge is 0.478 e. The normalized spacial score (nSPS) is 10.1. The molecule has 0 saturated carbocycles. The minimum Gasteiger partial charge on any atom is -0.478 e. The molecule has 0 fully saturated rings. The maximum atomic E-state index is 12.1. The molecule has 0 unspecified atom stereocenters. The summed E-state index contributed by atoms with van der Waals surface area (Å²) in [6.07, 6.45) is 0. The Hall–Kier alpha value is -1.51. The van der Waals surface area contributed by atoms with Crippen LogP contribution in [-0.2, 0) is 0 Å². The van der Waals surface area contributed by atoms with Gasteiger partial charge in [0.1, 0.15) is 0 Å². The zero-order valence-corrected chi connectivity index (χ0v) is 14.5. The highest BCUT2D eigenvalue weighted by atomic mass is 127. The van der Waals surface area contributed by atoms with E-state index >= 15 is 0 Å². The maximum Gasteiger partial charge on any atom is 0.337 e. The molecule has 8 heteroatoms. The van der Waals surface area contributed by atoms with E-state index in [-0.39, 0.29) is 27.0 Å². The molecule has 0 spiro atoms. The molecule has 22 heavy (non-hydrogen) atoms. The van der Waals surface area contributed by atoms with E-state index in [9.17, 15) is 9.59 Å². The number of rotatable bonds is 3. The van der Waals surface area contributed by atoms with E-state index in [1.165, 1.54) is 6.07 Å². The first-order valence-corrected chi connectivity index (χ1v) is 7.77. The van der Waals surface area contributed by atoms with E-state index in [4.69, 9.17) is 28.3 Å². The molecule has 0 bridgehead atoms. The van der Waals surface area contributed by atoms with Crippen LogP contribution >= 0.6 is 45.8 Å². The second-order valence-electron chi connectivity index (χ2n) is 4.14. The summed E-state index contributed by atoms with van der Waals surface area (Å²) in [5.74, 6) is -1.13. The zero-order valence-electron chi connectivity index (χ0n) is 10.9. The van der Waals surface area contributed by atoms with E-state index < -0.39 is 12.0 Å². The van der Waals surface area contributed by atoms with Gasteiger partial charge in [-0.05, 0) is 46.9 Å². The van der Waals surface area contributed by atoms with Gasteiger partial charge in [-0.25, -0.2) is 9.59 Å². The number of carboxylic acids is 1. The lowest BCUT2D eigenvalue weighted by atomic mass is 10.2. The molecule has 0 aliphatic carbocycles. The predicted octanol–water partition coefficient (Wildman–Crippen LogP) is 4.94. The number of para-hydroxylation sites is 2. The average molecular weight is 451 g/mol. The van der Waals surface area contributed by atoms with Crippen LogP contribution in [0.1, 0.15) is 10.4 Å². The van der Waals surface area contributed by atoms with Crippen LogP contribution in [0.25, 0.3) is 0 Å². The van der Waals surface area contributed by atoms with Crippen LogP contribution in [-0.4, -0.2) is 17.1 Å². The first-order valence-electron chi connectivity index (χ1n) is 5.94. The third kappa shape index (κ3) is 3.82. The van der Waals surface area contributed by atoms with Crippen LogP contribution in [0.4, 0.5) is 16.2 Å². The van der Waals surface area contributed by atoms with Gasteiger partial charge in [0, 0.05) is 3.57 Å². The van der Waals surface area contributed by atoms with E-state index in [0.717, 1.165) is 0 Å². The number of carbonyl (C=O) groups is 2. The minimum absolute atomic E-state index is 0.00712. The zero-order chi connectivity index (χ0) is 16.3. The van der Waals surface area contributed by atoms with Crippen LogP contribution in [0.2, 0.25) is 10.0 Å². The molecule has 2 aromatic carbocycles. The van der Waals surface area contributed by atoms with Gasteiger partial charge >= 0.3 is 12.0 Å². The Morgan fingerprint density at radius 2 is 1.50 bits per heavy atom. The molecule has 0 heterocycles. The first kappa shape index (κ1) is 16.9. The average Bonchev–Trinajstić information content (AvgIpc) is 2.45. The molecule has 0 aliphatic heterocycles. The molecule has 2 aromatic rings. The number of carbonyl (C=O) groups excluding carboxylic acids is 1. The number of amides is 2. The number of hydrogen-bond donors (Lipinski definition) is 3. The Kier molecular flexibility index (Phi) is 5.49. The Morgan fingerprint density at radius 3 is 2.09 bits per heavy atom. The highest BCUT2D eigenvalue weighted by Gasteiger charge is 2.16. The number of aromatic carboxylic acids is 1. The fourth-order valence-corrected chi connectivity index (χ4v) is 2.83. The summed E-state index contributed by atoms with van der Waals surface area (Å²) in [7, 11) is 0. The van der Waals surface area contributed by atoms with Crippen molar-refractivity contribution in [1.82, 2.24) is 0 Å². The van der Waals surface area contributed by atoms with E-state index in [1.54, 1.807) is 30.3 Å². The number of nitrogens with one attached hydrogen (secondary N) is 2. The Labute approximate surface area is 149 Å². The number of anilines is 2. The molecule has 2 rings (SSSR count). The predicted molar refractivity (Wildman–Crippen MR) is 95.2 cm³/mol. The van der Waals surface area contributed by atoms with Gasteiger partial charge in [0.25, 0.3) is 0 Å². The Morgan fingerprint density at radius 1 is 0.955 bits per heavy atom. The second kappa shape index (κ2) is 7.17. The maximum absolute atomic E-state index is 12.1. The van der Waals surface area contributed by atoms with Crippen LogP contribution < -0.4 is 10.6 Å². The molecule has 2 amide bonds. The van der Waals surface area contributed by atoms with Gasteiger partial charge in [-0.1, -0.05) is 35.3 Å². The SMILES string of the molecule is O=C(Nc1c(Cl)cccc1Cl)Nc1c(I)cccc1C(=O)O. The molecule has 0 aromatic heterocycles. The van der Waals surface area contributed by atoms with Crippen molar-refractivity contribution >= 4 is 69.2 Å². The van der Waals surface area contributed by atoms with Crippen molar-refractivity contribution in [2.75, 3.05) is 10.6 Å². The molecule has 3 N–H and O–H groups in total. The quantitative estimate of drug-likeness (QED) is 0.579. The topological polar surface area (TPSA) is 78.4 Å². The summed E-state index contributed by atoms with van der Waals surface area (Å²) < 4.78 is 0.595. The molecule has 0 atom stereocenters. The van der Waals surface area contributed by atoms with Gasteiger partial charge in [0.15, 0.2) is 0 Å². The van der Waals surface area contributed by atoms with Gasteiger partial charge in [-0.3, -0.25) is 0 Å². The summed E-state index contributed by atoms with van der Waals surface area (Å²) in [5.41, 5.74) is 0.453. The minimum atomic E-state index is -1.13. The summed E-state index contributed by atoms with van der Waals surface area (Å²) in [6, 6.07) is 8.86.